The smallest absolute Gasteiger partial charge is 0.269 e. The predicted molar refractivity (Wildman–Crippen MR) is 63.1 cm³/mol. The van der Waals surface area contributed by atoms with Crippen LogP contribution in [0.1, 0.15) is 42.6 Å². The first-order chi connectivity index (χ1) is 7.86. The third-order valence-corrected chi connectivity index (χ3v) is 3.17. The van der Waals surface area contributed by atoms with E-state index in [1.807, 2.05) is 12.1 Å². The Bertz CT molecular complexity index is 331. The SMILES string of the molecule is O=C(NCC1CCCCC1)c1ccccn1. The summed E-state index contributed by atoms with van der Waals surface area (Å²) in [6.07, 6.45) is 8.12. The van der Waals surface area contributed by atoms with Crippen molar-refractivity contribution in [3.63, 3.8) is 0 Å². The molecule has 0 atom stereocenters. The molecule has 0 bridgehead atoms. The minimum atomic E-state index is -0.0498. The predicted octanol–water partition coefficient (Wildman–Crippen LogP) is 2.39. The van der Waals surface area contributed by atoms with Gasteiger partial charge < -0.3 is 5.32 Å². The normalized spacial score (nSPS) is 17.0. The van der Waals surface area contributed by atoms with Gasteiger partial charge >= 0.3 is 0 Å². The molecule has 1 aromatic heterocycles. The molecule has 0 unspecified atom stereocenters. The number of carbonyl (C=O) groups is 1. The van der Waals surface area contributed by atoms with Gasteiger partial charge in [-0.25, -0.2) is 0 Å². The van der Waals surface area contributed by atoms with Gasteiger partial charge in [-0.15, -0.1) is 0 Å². The standard InChI is InChI=1S/C13H18N2O/c16-13(12-8-4-5-9-14-12)15-10-11-6-2-1-3-7-11/h4-5,8-9,11H,1-3,6-7,10H2,(H,15,16). The van der Waals surface area contributed by atoms with Gasteiger partial charge in [0.1, 0.15) is 5.69 Å². The summed E-state index contributed by atoms with van der Waals surface area (Å²) in [4.78, 5) is 15.7. The van der Waals surface area contributed by atoms with Gasteiger partial charge in [0.05, 0.1) is 0 Å². The fourth-order valence-corrected chi connectivity index (χ4v) is 2.22. The number of hydrogen-bond acceptors (Lipinski definition) is 2. The lowest BCUT2D eigenvalue weighted by atomic mass is 9.89. The van der Waals surface area contributed by atoms with Crippen LogP contribution in [0.4, 0.5) is 0 Å². The van der Waals surface area contributed by atoms with Gasteiger partial charge in [-0.1, -0.05) is 25.3 Å². The summed E-state index contributed by atoms with van der Waals surface area (Å²) in [6.45, 7) is 0.801. The van der Waals surface area contributed by atoms with Crippen LogP contribution in [0.25, 0.3) is 0 Å². The highest BCUT2D eigenvalue weighted by Gasteiger charge is 2.14. The van der Waals surface area contributed by atoms with E-state index in [9.17, 15) is 4.79 Å². The molecule has 0 aromatic carbocycles. The molecule has 3 nitrogen and oxygen atoms in total. The molecule has 1 aliphatic rings. The van der Waals surface area contributed by atoms with E-state index >= 15 is 0 Å². The van der Waals surface area contributed by atoms with Gasteiger partial charge in [0, 0.05) is 12.7 Å². The Labute approximate surface area is 96.3 Å². The lowest BCUT2D eigenvalue weighted by molar-refractivity contribution is 0.0938. The van der Waals surface area contributed by atoms with Crippen LogP contribution in [0.15, 0.2) is 24.4 Å². The van der Waals surface area contributed by atoms with Crippen LogP contribution < -0.4 is 5.32 Å². The molecule has 0 spiro atoms. The summed E-state index contributed by atoms with van der Waals surface area (Å²) in [5.74, 6) is 0.618. The average Bonchev–Trinajstić information content (AvgIpc) is 2.38. The van der Waals surface area contributed by atoms with Crippen LogP contribution in [-0.2, 0) is 0 Å². The quantitative estimate of drug-likeness (QED) is 0.846. The summed E-state index contributed by atoms with van der Waals surface area (Å²) in [7, 11) is 0. The number of nitrogens with zero attached hydrogens (tertiary/aromatic N) is 1. The second-order valence-corrected chi connectivity index (χ2v) is 4.43. The van der Waals surface area contributed by atoms with Crippen LogP contribution in [-0.4, -0.2) is 17.4 Å². The zero-order chi connectivity index (χ0) is 11.2. The van der Waals surface area contributed by atoms with Crippen LogP contribution in [0.5, 0.6) is 0 Å². The van der Waals surface area contributed by atoms with E-state index in [0.717, 1.165) is 6.54 Å². The molecule has 0 radical (unpaired) electrons. The molecule has 1 amide bonds. The molecule has 1 aliphatic carbocycles. The zero-order valence-corrected chi connectivity index (χ0v) is 9.48. The summed E-state index contributed by atoms with van der Waals surface area (Å²) < 4.78 is 0. The second kappa shape index (κ2) is 5.64. The third-order valence-electron chi connectivity index (χ3n) is 3.17. The first-order valence-corrected chi connectivity index (χ1v) is 6.05. The molecule has 1 aromatic rings. The highest BCUT2D eigenvalue weighted by Crippen LogP contribution is 2.22. The van der Waals surface area contributed by atoms with Crippen LogP contribution in [0.2, 0.25) is 0 Å². The fraction of sp³-hybridized carbons (Fsp3) is 0.538. The molecule has 86 valence electrons. The minimum absolute atomic E-state index is 0.0498. The van der Waals surface area contributed by atoms with Gasteiger partial charge in [0.15, 0.2) is 0 Å². The topological polar surface area (TPSA) is 42.0 Å². The molecule has 0 aliphatic heterocycles. The van der Waals surface area contributed by atoms with E-state index in [0.29, 0.717) is 11.6 Å². The number of nitrogens with one attached hydrogen (secondary N) is 1. The van der Waals surface area contributed by atoms with Gasteiger partial charge in [-0.2, -0.15) is 0 Å². The maximum Gasteiger partial charge on any atom is 0.269 e. The Morgan fingerprint density at radius 2 is 2.12 bits per heavy atom. The molecule has 1 N–H and O–H groups in total. The van der Waals surface area contributed by atoms with Crippen molar-refractivity contribution >= 4 is 5.91 Å². The Kier molecular flexibility index (Phi) is 3.91. The van der Waals surface area contributed by atoms with E-state index in [2.05, 4.69) is 10.3 Å². The van der Waals surface area contributed by atoms with E-state index in [1.54, 1.807) is 12.3 Å². The molecule has 1 saturated carbocycles. The summed E-state index contributed by atoms with van der Waals surface area (Å²) in [5.41, 5.74) is 0.512. The lowest BCUT2D eigenvalue weighted by Crippen LogP contribution is -2.30. The monoisotopic (exact) mass is 218 g/mol. The summed E-state index contributed by atoms with van der Waals surface area (Å²) in [6, 6.07) is 5.40. The van der Waals surface area contributed by atoms with Crippen molar-refractivity contribution in [3.8, 4) is 0 Å². The first-order valence-electron chi connectivity index (χ1n) is 6.05. The first kappa shape index (κ1) is 11.1. The van der Waals surface area contributed by atoms with Crippen molar-refractivity contribution in [3.05, 3.63) is 30.1 Å². The van der Waals surface area contributed by atoms with E-state index < -0.39 is 0 Å². The van der Waals surface area contributed by atoms with Crippen molar-refractivity contribution in [2.45, 2.75) is 32.1 Å². The van der Waals surface area contributed by atoms with Crippen molar-refractivity contribution in [1.29, 1.82) is 0 Å². The maximum atomic E-state index is 11.7. The number of rotatable bonds is 3. The van der Waals surface area contributed by atoms with Crippen LogP contribution in [0, 0.1) is 5.92 Å². The second-order valence-electron chi connectivity index (χ2n) is 4.43. The van der Waals surface area contributed by atoms with Crippen LogP contribution in [0.3, 0.4) is 0 Å². The Morgan fingerprint density at radius 1 is 1.31 bits per heavy atom. The highest BCUT2D eigenvalue weighted by atomic mass is 16.1. The Balaban J connectivity index is 1.79. The largest absolute Gasteiger partial charge is 0.350 e. The Hall–Kier alpha value is -1.38. The number of carbonyl (C=O) groups excluding carboxylic acids is 1. The van der Waals surface area contributed by atoms with Crippen molar-refractivity contribution in [2.24, 2.45) is 5.92 Å². The average molecular weight is 218 g/mol. The minimum Gasteiger partial charge on any atom is -0.350 e. The molecular weight excluding hydrogens is 200 g/mol. The summed E-state index contributed by atoms with van der Waals surface area (Å²) >= 11 is 0. The maximum absolute atomic E-state index is 11.7. The number of hydrogen-bond donors (Lipinski definition) is 1. The molecule has 1 fully saturated rings. The number of pyridine rings is 1. The van der Waals surface area contributed by atoms with Gasteiger partial charge in [0.2, 0.25) is 0 Å². The zero-order valence-electron chi connectivity index (χ0n) is 9.48. The fourth-order valence-electron chi connectivity index (χ4n) is 2.22. The molecular formula is C13H18N2O. The number of amides is 1. The van der Waals surface area contributed by atoms with E-state index in [4.69, 9.17) is 0 Å². The van der Waals surface area contributed by atoms with Gasteiger partial charge in [0.25, 0.3) is 5.91 Å². The highest BCUT2D eigenvalue weighted by molar-refractivity contribution is 5.92. The Morgan fingerprint density at radius 3 is 2.81 bits per heavy atom. The lowest BCUT2D eigenvalue weighted by Gasteiger charge is -2.21. The molecule has 16 heavy (non-hydrogen) atoms. The molecule has 0 saturated heterocycles. The van der Waals surface area contributed by atoms with Crippen molar-refractivity contribution < 1.29 is 4.79 Å². The van der Waals surface area contributed by atoms with Gasteiger partial charge in [-0.3, -0.25) is 9.78 Å². The summed E-state index contributed by atoms with van der Waals surface area (Å²) in [5, 5.41) is 2.97. The number of aromatic nitrogens is 1. The van der Waals surface area contributed by atoms with E-state index in [-0.39, 0.29) is 5.91 Å². The van der Waals surface area contributed by atoms with Crippen molar-refractivity contribution in [2.75, 3.05) is 6.54 Å². The van der Waals surface area contributed by atoms with E-state index in [1.165, 1.54) is 32.1 Å². The molecule has 1 heterocycles. The molecule has 2 rings (SSSR count). The third kappa shape index (κ3) is 3.05. The van der Waals surface area contributed by atoms with Gasteiger partial charge in [-0.05, 0) is 30.9 Å². The van der Waals surface area contributed by atoms with Crippen molar-refractivity contribution in [1.82, 2.24) is 10.3 Å². The molecule has 3 heteroatoms. The van der Waals surface area contributed by atoms with Crippen LogP contribution >= 0.6 is 0 Å².